The number of hydrogen-bond donors (Lipinski definition) is 3. The lowest BCUT2D eigenvalue weighted by Gasteiger charge is -2.18. The topological polar surface area (TPSA) is 131 Å². The number of benzene rings is 2. The van der Waals surface area contributed by atoms with Crippen LogP contribution in [0.5, 0.6) is 0 Å². The third-order valence-electron chi connectivity index (χ3n) is 6.72. The number of anilines is 1. The van der Waals surface area contributed by atoms with E-state index in [0.717, 1.165) is 35.1 Å². The van der Waals surface area contributed by atoms with Gasteiger partial charge in [0.25, 0.3) is 5.91 Å². The third-order valence-corrected chi connectivity index (χ3v) is 6.72. The molecule has 2 aromatic carbocycles. The number of carboxylic acids is 1. The highest BCUT2D eigenvalue weighted by molar-refractivity contribution is 5.94. The molecule has 0 aliphatic heterocycles. The van der Waals surface area contributed by atoms with Crippen molar-refractivity contribution in [2.75, 3.05) is 11.9 Å². The van der Waals surface area contributed by atoms with Crippen molar-refractivity contribution in [2.45, 2.75) is 37.6 Å². The first-order valence-electron chi connectivity index (χ1n) is 11.6. The fourth-order valence-electron chi connectivity index (χ4n) is 5.11. The van der Waals surface area contributed by atoms with E-state index < -0.39 is 18.0 Å². The third kappa shape index (κ3) is 4.75. The average molecular weight is 476 g/mol. The lowest BCUT2D eigenvalue weighted by atomic mass is 9.98. The quantitative estimate of drug-likeness (QED) is 0.461. The Bertz CT molecular complexity index is 1220. The molecule has 2 amide bonds. The van der Waals surface area contributed by atoms with Crippen LogP contribution in [0.25, 0.3) is 11.1 Å². The van der Waals surface area contributed by atoms with Gasteiger partial charge in [0, 0.05) is 18.0 Å². The Morgan fingerprint density at radius 1 is 1.03 bits per heavy atom. The predicted octanol–water partition coefficient (Wildman–Crippen LogP) is 4.41. The number of amides is 2. The largest absolute Gasteiger partial charge is 0.481 e. The standard InChI is InChI=1S/C26H25N3O6/c30-24(31)12-15-6-5-11-21(15)27-25(32)22-13-23(35-29-22)28-26(33)34-14-20-18-9-3-1-7-16(18)17-8-2-4-10-19(17)20/h1-4,7-10,13,15,20-21H,5-6,11-12,14H2,(H,27,32)(H,28,33)(H,30,31). The van der Waals surface area contributed by atoms with E-state index in [-0.39, 0.29) is 42.5 Å². The maximum atomic E-state index is 12.5. The SMILES string of the molecule is O=C(O)CC1CCCC1NC(=O)c1cc(NC(=O)OCC2c3ccccc3-c3ccccc32)on1. The van der Waals surface area contributed by atoms with Gasteiger partial charge in [-0.3, -0.25) is 14.9 Å². The maximum absolute atomic E-state index is 12.5. The van der Waals surface area contributed by atoms with E-state index in [4.69, 9.17) is 14.4 Å². The number of nitrogens with one attached hydrogen (secondary N) is 2. The molecule has 9 nitrogen and oxygen atoms in total. The molecular formula is C26H25N3O6. The lowest BCUT2D eigenvalue weighted by molar-refractivity contribution is -0.138. The predicted molar refractivity (Wildman–Crippen MR) is 126 cm³/mol. The second-order valence-corrected chi connectivity index (χ2v) is 8.90. The van der Waals surface area contributed by atoms with Gasteiger partial charge < -0.3 is 19.7 Å². The fourth-order valence-corrected chi connectivity index (χ4v) is 5.11. The maximum Gasteiger partial charge on any atom is 0.414 e. The molecule has 180 valence electrons. The molecule has 35 heavy (non-hydrogen) atoms. The molecular weight excluding hydrogens is 450 g/mol. The number of nitrogens with zero attached hydrogens (tertiary/aromatic N) is 1. The number of aliphatic carboxylic acids is 1. The summed E-state index contributed by atoms with van der Waals surface area (Å²) in [6.07, 6.45) is 1.62. The van der Waals surface area contributed by atoms with Gasteiger partial charge in [-0.25, -0.2) is 4.79 Å². The van der Waals surface area contributed by atoms with Gasteiger partial charge in [-0.15, -0.1) is 0 Å². The second-order valence-electron chi connectivity index (χ2n) is 8.90. The highest BCUT2D eigenvalue weighted by Gasteiger charge is 2.32. The van der Waals surface area contributed by atoms with E-state index in [1.165, 1.54) is 6.07 Å². The summed E-state index contributed by atoms with van der Waals surface area (Å²) in [5.41, 5.74) is 4.48. The van der Waals surface area contributed by atoms with Crippen LogP contribution in [0.3, 0.4) is 0 Å². The van der Waals surface area contributed by atoms with Crippen LogP contribution in [0, 0.1) is 5.92 Å². The molecule has 2 aliphatic carbocycles. The minimum absolute atomic E-state index is 0.0000716. The molecule has 1 heterocycles. The first kappa shape index (κ1) is 22.6. The van der Waals surface area contributed by atoms with Crippen molar-refractivity contribution in [3.8, 4) is 11.1 Å². The molecule has 0 radical (unpaired) electrons. The molecule has 3 N–H and O–H groups in total. The highest BCUT2D eigenvalue weighted by Crippen LogP contribution is 2.44. The first-order valence-corrected chi connectivity index (χ1v) is 11.6. The van der Waals surface area contributed by atoms with E-state index in [2.05, 4.69) is 27.9 Å². The van der Waals surface area contributed by atoms with Gasteiger partial charge in [0.2, 0.25) is 5.88 Å². The van der Waals surface area contributed by atoms with Crippen molar-refractivity contribution in [3.05, 3.63) is 71.4 Å². The van der Waals surface area contributed by atoms with Gasteiger partial charge in [-0.1, -0.05) is 60.1 Å². The molecule has 9 heteroatoms. The number of carbonyl (C=O) groups excluding carboxylic acids is 2. The van der Waals surface area contributed by atoms with Crippen LogP contribution < -0.4 is 10.6 Å². The van der Waals surface area contributed by atoms with Crippen molar-refractivity contribution < 1.29 is 28.8 Å². The molecule has 0 spiro atoms. The van der Waals surface area contributed by atoms with Crippen molar-refractivity contribution in [2.24, 2.45) is 5.92 Å². The molecule has 2 atom stereocenters. The van der Waals surface area contributed by atoms with Crippen LogP contribution in [0.1, 0.15) is 53.2 Å². The summed E-state index contributed by atoms with van der Waals surface area (Å²) in [5, 5.41) is 18.1. The summed E-state index contributed by atoms with van der Waals surface area (Å²) in [5.74, 6) is -1.55. The first-order chi connectivity index (χ1) is 17.0. The molecule has 0 saturated heterocycles. The van der Waals surface area contributed by atoms with E-state index in [1.54, 1.807) is 0 Å². The normalized spacial score (nSPS) is 18.5. The minimum atomic E-state index is -0.882. The van der Waals surface area contributed by atoms with E-state index in [0.29, 0.717) is 6.42 Å². The molecule has 1 fully saturated rings. The number of carboxylic acid groups (broad SMARTS) is 1. The van der Waals surface area contributed by atoms with E-state index in [9.17, 15) is 14.4 Å². The van der Waals surface area contributed by atoms with Crippen LogP contribution in [0.2, 0.25) is 0 Å². The molecule has 2 aliphatic rings. The Labute approximate surface area is 201 Å². The number of aromatic nitrogens is 1. The van der Waals surface area contributed by atoms with Crippen LogP contribution in [0.15, 0.2) is 59.1 Å². The molecule has 0 bridgehead atoms. The van der Waals surface area contributed by atoms with Gasteiger partial charge in [0.05, 0.1) is 6.42 Å². The fraction of sp³-hybridized carbons (Fsp3) is 0.308. The van der Waals surface area contributed by atoms with E-state index >= 15 is 0 Å². The van der Waals surface area contributed by atoms with Crippen LogP contribution in [-0.4, -0.2) is 40.9 Å². The summed E-state index contributed by atoms with van der Waals surface area (Å²) in [4.78, 5) is 36.0. The molecule has 2 unspecified atom stereocenters. The van der Waals surface area contributed by atoms with Crippen molar-refractivity contribution in [1.82, 2.24) is 10.5 Å². The average Bonchev–Trinajstić information content (AvgIpc) is 3.56. The van der Waals surface area contributed by atoms with Crippen molar-refractivity contribution in [3.63, 3.8) is 0 Å². The molecule has 1 aromatic heterocycles. The summed E-state index contributed by atoms with van der Waals surface area (Å²) >= 11 is 0. The molecule has 3 aromatic rings. The monoisotopic (exact) mass is 475 g/mol. The van der Waals surface area contributed by atoms with E-state index in [1.807, 2.05) is 36.4 Å². The second kappa shape index (κ2) is 9.61. The number of ether oxygens (including phenoxy) is 1. The lowest BCUT2D eigenvalue weighted by Crippen LogP contribution is -2.38. The Hall–Kier alpha value is -4.14. The summed E-state index contributed by atoms with van der Waals surface area (Å²) < 4.78 is 10.6. The summed E-state index contributed by atoms with van der Waals surface area (Å²) in [6.45, 7) is 0.147. The van der Waals surface area contributed by atoms with Gasteiger partial charge in [-0.05, 0) is 41.0 Å². The van der Waals surface area contributed by atoms with Crippen LogP contribution >= 0.6 is 0 Å². The zero-order valence-electron chi connectivity index (χ0n) is 18.9. The Morgan fingerprint density at radius 3 is 2.40 bits per heavy atom. The van der Waals surface area contributed by atoms with Gasteiger partial charge in [0.15, 0.2) is 5.69 Å². The number of carbonyl (C=O) groups is 3. The minimum Gasteiger partial charge on any atom is -0.481 e. The zero-order valence-corrected chi connectivity index (χ0v) is 18.9. The van der Waals surface area contributed by atoms with Gasteiger partial charge in [-0.2, -0.15) is 0 Å². The zero-order chi connectivity index (χ0) is 24.4. The summed E-state index contributed by atoms with van der Waals surface area (Å²) in [6, 6.07) is 17.2. The van der Waals surface area contributed by atoms with Crippen molar-refractivity contribution in [1.29, 1.82) is 0 Å². The van der Waals surface area contributed by atoms with Gasteiger partial charge >= 0.3 is 12.1 Å². The summed E-state index contributed by atoms with van der Waals surface area (Å²) in [7, 11) is 0. The Balaban J connectivity index is 1.17. The number of hydrogen-bond acceptors (Lipinski definition) is 6. The number of fused-ring (bicyclic) bond motifs is 3. The van der Waals surface area contributed by atoms with Gasteiger partial charge in [0.1, 0.15) is 6.61 Å². The highest BCUT2D eigenvalue weighted by atomic mass is 16.6. The smallest absolute Gasteiger partial charge is 0.414 e. The van der Waals surface area contributed by atoms with Crippen molar-refractivity contribution >= 4 is 23.9 Å². The molecule has 5 rings (SSSR count). The van der Waals surface area contributed by atoms with Crippen LogP contribution in [-0.2, 0) is 9.53 Å². The number of rotatable bonds is 7. The Kier molecular flexibility index (Phi) is 6.22. The van der Waals surface area contributed by atoms with Crippen LogP contribution in [0.4, 0.5) is 10.7 Å². The Morgan fingerprint density at radius 2 is 1.71 bits per heavy atom. The molecule has 1 saturated carbocycles.